The summed E-state index contributed by atoms with van der Waals surface area (Å²) in [6.07, 6.45) is 12.9. The summed E-state index contributed by atoms with van der Waals surface area (Å²) in [5.41, 5.74) is 20.7. The molecule has 7 aromatic carbocycles. The molecule has 3 heteroatoms. The van der Waals surface area contributed by atoms with Gasteiger partial charge in [-0.25, -0.2) is 9.97 Å². The molecule has 61 heavy (non-hydrogen) atoms. The Morgan fingerprint density at radius 3 is 1.77 bits per heavy atom. The Bertz CT molecular complexity index is 3210. The fourth-order valence-corrected chi connectivity index (χ4v) is 13.5. The highest BCUT2D eigenvalue weighted by Gasteiger charge is 2.49. The molecule has 0 saturated heterocycles. The van der Waals surface area contributed by atoms with E-state index in [2.05, 4.69) is 158 Å². The fourth-order valence-electron chi connectivity index (χ4n) is 12.4. The zero-order valence-electron chi connectivity index (χ0n) is 34.4. The van der Waals surface area contributed by atoms with Gasteiger partial charge in [-0.1, -0.05) is 166 Å². The molecule has 2 spiro atoms. The average molecular weight is 803 g/mol. The topological polar surface area (TPSA) is 25.8 Å². The van der Waals surface area contributed by atoms with Crippen molar-refractivity contribution in [2.45, 2.75) is 75.0 Å². The lowest BCUT2D eigenvalue weighted by Gasteiger charge is -2.37. The van der Waals surface area contributed by atoms with Crippen molar-refractivity contribution < 1.29 is 0 Å². The minimum absolute atomic E-state index is 0.0747. The number of hydrogen-bond acceptors (Lipinski definition) is 3. The van der Waals surface area contributed by atoms with Crippen LogP contribution in [0.15, 0.2) is 158 Å². The average Bonchev–Trinajstić information content (AvgIpc) is 3.93. The minimum Gasteiger partial charge on any atom is -0.227 e. The monoisotopic (exact) mass is 802 g/mol. The van der Waals surface area contributed by atoms with E-state index in [1.54, 1.807) is 33.6 Å². The summed E-state index contributed by atoms with van der Waals surface area (Å²) >= 11 is 1.75. The van der Waals surface area contributed by atoms with Crippen molar-refractivity contribution in [1.29, 1.82) is 0 Å². The highest BCUT2D eigenvalue weighted by Crippen LogP contribution is 2.63. The normalized spacial score (nSPS) is 16.8. The van der Waals surface area contributed by atoms with Crippen LogP contribution in [0.3, 0.4) is 0 Å². The smallest absolute Gasteiger partial charge is 0.161 e. The van der Waals surface area contributed by atoms with Gasteiger partial charge in [-0.05, 0) is 123 Å². The van der Waals surface area contributed by atoms with E-state index in [1.807, 2.05) is 0 Å². The molecule has 0 N–H and O–H groups in total. The van der Waals surface area contributed by atoms with E-state index in [0.717, 1.165) is 32.9 Å². The summed E-state index contributed by atoms with van der Waals surface area (Å²) in [6.45, 7) is 0. The molecule has 13 rings (SSSR count). The Morgan fingerprint density at radius 1 is 0.393 bits per heavy atom. The van der Waals surface area contributed by atoms with Crippen LogP contribution in [0.4, 0.5) is 0 Å². The Labute approximate surface area is 362 Å². The van der Waals surface area contributed by atoms with Gasteiger partial charge in [-0.2, -0.15) is 0 Å². The van der Waals surface area contributed by atoms with E-state index in [4.69, 9.17) is 9.97 Å². The molecule has 4 aliphatic carbocycles. The molecule has 4 aliphatic rings. The number of rotatable bonds is 4. The van der Waals surface area contributed by atoms with Gasteiger partial charge in [0.2, 0.25) is 0 Å². The van der Waals surface area contributed by atoms with Gasteiger partial charge in [0, 0.05) is 37.4 Å². The lowest BCUT2D eigenvalue weighted by atomic mass is 9.66. The van der Waals surface area contributed by atoms with Gasteiger partial charge in [0.25, 0.3) is 0 Å². The second kappa shape index (κ2) is 13.7. The number of aromatic nitrogens is 2. The SMILES string of the molecule is c1ccc(-c2nc(-c3cccc(-c4cccc(-c5cccc6c5-c5cc7c(cc5C65CCCCC5)-c5ccccc5C75CCCCC5)c4)c3)nc3sc4ccccc4c23)cc1. The largest absolute Gasteiger partial charge is 0.227 e. The molecule has 2 heterocycles. The summed E-state index contributed by atoms with van der Waals surface area (Å²) in [5.74, 6) is 0.761. The number of thiophene rings is 1. The van der Waals surface area contributed by atoms with Crippen molar-refractivity contribution in [2.24, 2.45) is 0 Å². The molecule has 0 aliphatic heterocycles. The van der Waals surface area contributed by atoms with Crippen LogP contribution in [0.5, 0.6) is 0 Å². The van der Waals surface area contributed by atoms with Crippen molar-refractivity contribution in [3.05, 3.63) is 180 Å². The number of fused-ring (bicyclic) bond motifs is 13. The van der Waals surface area contributed by atoms with E-state index >= 15 is 0 Å². The fraction of sp³-hybridized carbons (Fsp3) is 0.207. The maximum Gasteiger partial charge on any atom is 0.161 e. The van der Waals surface area contributed by atoms with Gasteiger partial charge in [0.05, 0.1) is 5.69 Å². The Morgan fingerprint density at radius 2 is 0.967 bits per heavy atom. The van der Waals surface area contributed by atoms with Crippen molar-refractivity contribution in [1.82, 2.24) is 9.97 Å². The van der Waals surface area contributed by atoms with Crippen LogP contribution in [0.2, 0.25) is 0 Å². The number of nitrogens with zero attached hydrogens (tertiary/aromatic N) is 2. The second-order valence-electron chi connectivity index (χ2n) is 18.2. The molecule has 0 unspecified atom stereocenters. The first-order chi connectivity index (χ1) is 30.2. The molecule has 9 aromatic rings. The minimum atomic E-state index is 0.0747. The van der Waals surface area contributed by atoms with Crippen LogP contribution in [0.25, 0.3) is 87.5 Å². The molecular formula is C58H46N2S. The molecule has 294 valence electrons. The molecule has 2 aromatic heterocycles. The van der Waals surface area contributed by atoms with E-state index in [1.165, 1.54) is 119 Å². The first-order valence-electron chi connectivity index (χ1n) is 22.6. The zero-order chi connectivity index (χ0) is 40.1. The molecular weight excluding hydrogens is 757 g/mol. The quantitative estimate of drug-likeness (QED) is 0.177. The van der Waals surface area contributed by atoms with E-state index < -0.39 is 0 Å². The molecule has 2 nitrogen and oxygen atoms in total. The Kier molecular flexibility index (Phi) is 7.98. The van der Waals surface area contributed by atoms with Gasteiger partial charge in [-0.15, -0.1) is 11.3 Å². The Hall–Kier alpha value is -6.16. The predicted molar refractivity (Wildman–Crippen MR) is 255 cm³/mol. The third-order valence-corrected chi connectivity index (χ3v) is 16.2. The van der Waals surface area contributed by atoms with E-state index in [0.29, 0.717) is 0 Å². The molecule has 0 atom stereocenters. The standard InChI is InChI=1S/C58H46N2S/c1-4-17-37(18-5-1)54-53-44-24-7-9-28-51(44)61-56(53)60-55(59-54)41-22-15-20-39(34-41)38-19-14-21-40(33-38)42-25-16-27-48-52(42)46-36-49-45(35-50(46)58(48)31-12-3-13-32-58)43-23-6-8-26-47(43)57(49)29-10-2-11-30-57/h1,4-9,14-28,33-36H,2-3,10-13,29-32H2. The van der Waals surface area contributed by atoms with Crippen molar-refractivity contribution in [2.75, 3.05) is 0 Å². The summed E-state index contributed by atoms with van der Waals surface area (Å²) < 4.78 is 1.24. The number of hydrogen-bond donors (Lipinski definition) is 0. The van der Waals surface area contributed by atoms with Crippen LogP contribution in [-0.4, -0.2) is 9.97 Å². The summed E-state index contributed by atoms with van der Waals surface area (Å²) in [4.78, 5) is 11.6. The van der Waals surface area contributed by atoms with Gasteiger partial charge in [0.15, 0.2) is 5.82 Å². The predicted octanol–water partition coefficient (Wildman–Crippen LogP) is 16.0. The van der Waals surface area contributed by atoms with Gasteiger partial charge in [-0.3, -0.25) is 0 Å². The highest BCUT2D eigenvalue weighted by molar-refractivity contribution is 7.25. The van der Waals surface area contributed by atoms with Crippen LogP contribution in [-0.2, 0) is 10.8 Å². The zero-order valence-corrected chi connectivity index (χ0v) is 35.2. The van der Waals surface area contributed by atoms with Crippen LogP contribution >= 0.6 is 11.3 Å². The molecule has 2 saturated carbocycles. The lowest BCUT2D eigenvalue weighted by molar-refractivity contribution is 0.350. The molecule has 0 bridgehead atoms. The van der Waals surface area contributed by atoms with Gasteiger partial charge < -0.3 is 0 Å². The van der Waals surface area contributed by atoms with E-state index in [-0.39, 0.29) is 10.8 Å². The van der Waals surface area contributed by atoms with Gasteiger partial charge >= 0.3 is 0 Å². The third-order valence-electron chi connectivity index (χ3n) is 15.1. The van der Waals surface area contributed by atoms with Crippen LogP contribution in [0, 0.1) is 0 Å². The Balaban J connectivity index is 0.949. The molecule has 2 fully saturated rings. The molecule has 0 amide bonds. The maximum atomic E-state index is 5.33. The third kappa shape index (κ3) is 5.26. The van der Waals surface area contributed by atoms with Crippen molar-refractivity contribution in [3.63, 3.8) is 0 Å². The van der Waals surface area contributed by atoms with E-state index in [9.17, 15) is 0 Å². The van der Waals surface area contributed by atoms with Crippen molar-refractivity contribution >= 4 is 31.6 Å². The summed E-state index contributed by atoms with van der Waals surface area (Å²) in [7, 11) is 0. The summed E-state index contributed by atoms with van der Waals surface area (Å²) in [6, 6.07) is 59.4. The maximum absolute atomic E-state index is 5.33. The first kappa shape index (κ1) is 35.6. The lowest BCUT2D eigenvalue weighted by Crippen LogP contribution is -2.29. The van der Waals surface area contributed by atoms with Crippen LogP contribution in [0.1, 0.15) is 86.5 Å². The first-order valence-corrected chi connectivity index (χ1v) is 23.4. The van der Waals surface area contributed by atoms with Crippen molar-refractivity contribution in [3.8, 4) is 67.2 Å². The second-order valence-corrected chi connectivity index (χ2v) is 19.2. The van der Waals surface area contributed by atoms with Gasteiger partial charge in [0.1, 0.15) is 4.83 Å². The summed E-state index contributed by atoms with van der Waals surface area (Å²) in [5, 5.41) is 2.35. The highest BCUT2D eigenvalue weighted by atomic mass is 32.1. The van der Waals surface area contributed by atoms with Crippen LogP contribution < -0.4 is 0 Å². The number of benzene rings is 7. The molecule has 0 radical (unpaired) electrons.